The van der Waals surface area contributed by atoms with Gasteiger partial charge < -0.3 is 9.47 Å². The average Bonchev–Trinajstić information content (AvgIpc) is 2.02. The number of hydrogen-bond donors (Lipinski definition) is 0. The van der Waals surface area contributed by atoms with Gasteiger partial charge in [0.25, 0.3) is 0 Å². The van der Waals surface area contributed by atoms with Crippen molar-refractivity contribution in [2.45, 2.75) is 38.1 Å². The molecule has 13 heavy (non-hydrogen) atoms. The van der Waals surface area contributed by atoms with Gasteiger partial charge in [-0.1, -0.05) is 0 Å². The maximum Gasteiger partial charge on any atom is 0.411 e. The van der Waals surface area contributed by atoms with Gasteiger partial charge in [-0.05, 0) is 19.8 Å². The van der Waals surface area contributed by atoms with E-state index in [9.17, 15) is 13.2 Å². The van der Waals surface area contributed by atoms with Gasteiger partial charge in [0.15, 0.2) is 0 Å². The molecular formula is C8H13F3O2. The van der Waals surface area contributed by atoms with Gasteiger partial charge in [0.1, 0.15) is 6.61 Å². The van der Waals surface area contributed by atoms with Gasteiger partial charge in [0.2, 0.25) is 0 Å². The molecule has 0 aromatic carbocycles. The van der Waals surface area contributed by atoms with E-state index in [1.54, 1.807) is 0 Å². The first-order valence-corrected chi connectivity index (χ1v) is 4.27. The minimum atomic E-state index is -4.23. The zero-order chi connectivity index (χ0) is 9.90. The third-order valence-electron chi connectivity index (χ3n) is 1.94. The number of alkyl halides is 3. The fraction of sp³-hybridized carbons (Fsp3) is 1.00. The van der Waals surface area contributed by atoms with Crippen LogP contribution in [0.4, 0.5) is 13.2 Å². The Morgan fingerprint density at radius 3 is 2.54 bits per heavy atom. The summed E-state index contributed by atoms with van der Waals surface area (Å²) in [6.07, 6.45) is -3.06. The van der Waals surface area contributed by atoms with Crippen molar-refractivity contribution in [3.63, 3.8) is 0 Å². The molecule has 5 heteroatoms. The van der Waals surface area contributed by atoms with Crippen molar-refractivity contribution >= 4 is 0 Å². The zero-order valence-electron chi connectivity index (χ0n) is 7.43. The highest BCUT2D eigenvalue weighted by atomic mass is 19.4. The molecule has 78 valence electrons. The minimum Gasteiger partial charge on any atom is -0.376 e. The van der Waals surface area contributed by atoms with E-state index in [1.165, 1.54) is 0 Å². The smallest absolute Gasteiger partial charge is 0.376 e. The molecular weight excluding hydrogens is 185 g/mol. The summed E-state index contributed by atoms with van der Waals surface area (Å²) in [6.45, 7) is 1.01. The topological polar surface area (TPSA) is 18.5 Å². The molecule has 0 amide bonds. The Morgan fingerprint density at radius 2 is 2.08 bits per heavy atom. The molecule has 0 bridgehead atoms. The van der Waals surface area contributed by atoms with Crippen molar-refractivity contribution in [2.75, 3.05) is 13.2 Å². The molecule has 1 aliphatic heterocycles. The van der Waals surface area contributed by atoms with E-state index >= 15 is 0 Å². The standard InChI is InChI=1S/C8H13F3O2/c1-6-2-3-7(4-12-6)13-5-8(9,10)11/h6-7H,2-5H2,1H3. The van der Waals surface area contributed by atoms with Gasteiger partial charge in [0, 0.05) is 0 Å². The minimum absolute atomic E-state index is 0.144. The highest BCUT2D eigenvalue weighted by Gasteiger charge is 2.30. The molecule has 1 heterocycles. The van der Waals surface area contributed by atoms with Crippen LogP contribution in [0.1, 0.15) is 19.8 Å². The van der Waals surface area contributed by atoms with Crippen LogP contribution in [-0.2, 0) is 9.47 Å². The predicted octanol–water partition coefficient (Wildman–Crippen LogP) is 2.13. The summed E-state index contributed by atoms with van der Waals surface area (Å²) in [4.78, 5) is 0. The molecule has 1 rings (SSSR count). The molecule has 0 aromatic heterocycles. The Labute approximate surface area is 75.0 Å². The van der Waals surface area contributed by atoms with E-state index in [0.29, 0.717) is 6.42 Å². The SMILES string of the molecule is CC1CCC(OCC(F)(F)F)CO1. The lowest BCUT2D eigenvalue weighted by molar-refractivity contribution is -0.198. The van der Waals surface area contributed by atoms with Crippen molar-refractivity contribution in [1.29, 1.82) is 0 Å². The van der Waals surface area contributed by atoms with Crippen molar-refractivity contribution < 1.29 is 22.6 Å². The van der Waals surface area contributed by atoms with Crippen LogP contribution in [0.25, 0.3) is 0 Å². The molecule has 0 spiro atoms. The molecule has 2 nitrogen and oxygen atoms in total. The summed E-state index contributed by atoms with van der Waals surface area (Å²) >= 11 is 0. The molecule has 0 radical (unpaired) electrons. The second kappa shape index (κ2) is 4.28. The monoisotopic (exact) mass is 198 g/mol. The van der Waals surface area contributed by atoms with E-state index < -0.39 is 18.9 Å². The van der Waals surface area contributed by atoms with Crippen LogP contribution in [0.3, 0.4) is 0 Å². The van der Waals surface area contributed by atoms with E-state index in [4.69, 9.17) is 4.74 Å². The summed E-state index contributed by atoms with van der Waals surface area (Å²) in [5.74, 6) is 0. The van der Waals surface area contributed by atoms with E-state index in [2.05, 4.69) is 4.74 Å². The van der Waals surface area contributed by atoms with Crippen molar-refractivity contribution in [3.05, 3.63) is 0 Å². The molecule has 1 aliphatic rings. The van der Waals surface area contributed by atoms with E-state index in [-0.39, 0.29) is 12.7 Å². The van der Waals surface area contributed by atoms with Crippen LogP contribution in [0.2, 0.25) is 0 Å². The maximum atomic E-state index is 11.7. The normalized spacial score (nSPS) is 30.5. The van der Waals surface area contributed by atoms with Gasteiger partial charge in [-0.2, -0.15) is 13.2 Å². The number of ether oxygens (including phenoxy) is 2. The van der Waals surface area contributed by atoms with Crippen molar-refractivity contribution in [3.8, 4) is 0 Å². The second-order valence-electron chi connectivity index (χ2n) is 3.27. The Morgan fingerprint density at radius 1 is 1.38 bits per heavy atom. The molecule has 1 fully saturated rings. The van der Waals surface area contributed by atoms with Crippen LogP contribution in [-0.4, -0.2) is 31.6 Å². The Kier molecular flexibility index (Phi) is 3.55. The largest absolute Gasteiger partial charge is 0.411 e. The quantitative estimate of drug-likeness (QED) is 0.676. The van der Waals surface area contributed by atoms with Gasteiger partial charge in [-0.25, -0.2) is 0 Å². The van der Waals surface area contributed by atoms with Crippen LogP contribution in [0.15, 0.2) is 0 Å². The van der Waals surface area contributed by atoms with Crippen molar-refractivity contribution in [2.24, 2.45) is 0 Å². The van der Waals surface area contributed by atoms with Gasteiger partial charge in [0.05, 0.1) is 18.8 Å². The molecule has 0 aliphatic carbocycles. The predicted molar refractivity (Wildman–Crippen MR) is 40.4 cm³/mol. The summed E-state index contributed by atoms with van der Waals surface area (Å²) in [7, 11) is 0. The summed E-state index contributed by atoms with van der Waals surface area (Å²) < 4.78 is 45.0. The number of hydrogen-bond acceptors (Lipinski definition) is 2. The Bertz CT molecular complexity index is 150. The summed E-state index contributed by atoms with van der Waals surface area (Å²) in [6, 6.07) is 0. The lowest BCUT2D eigenvalue weighted by atomic mass is 10.1. The molecule has 2 atom stereocenters. The Balaban J connectivity index is 2.16. The van der Waals surface area contributed by atoms with Crippen LogP contribution < -0.4 is 0 Å². The first-order chi connectivity index (χ1) is 5.97. The molecule has 0 aromatic rings. The molecule has 0 N–H and O–H groups in total. The zero-order valence-corrected chi connectivity index (χ0v) is 7.43. The second-order valence-corrected chi connectivity index (χ2v) is 3.27. The average molecular weight is 198 g/mol. The highest BCUT2D eigenvalue weighted by Crippen LogP contribution is 2.20. The number of halogens is 3. The van der Waals surface area contributed by atoms with Crippen LogP contribution >= 0.6 is 0 Å². The molecule has 2 unspecified atom stereocenters. The van der Waals surface area contributed by atoms with E-state index in [1.807, 2.05) is 6.92 Å². The van der Waals surface area contributed by atoms with Crippen LogP contribution in [0, 0.1) is 0 Å². The summed E-state index contributed by atoms with van der Waals surface area (Å²) in [5.41, 5.74) is 0. The summed E-state index contributed by atoms with van der Waals surface area (Å²) in [5, 5.41) is 0. The lowest BCUT2D eigenvalue weighted by Gasteiger charge is -2.27. The highest BCUT2D eigenvalue weighted by molar-refractivity contribution is 4.67. The first kappa shape index (κ1) is 10.8. The van der Waals surface area contributed by atoms with Gasteiger partial charge >= 0.3 is 6.18 Å². The maximum absolute atomic E-state index is 11.7. The van der Waals surface area contributed by atoms with Gasteiger partial charge in [-0.15, -0.1) is 0 Å². The first-order valence-electron chi connectivity index (χ1n) is 4.27. The van der Waals surface area contributed by atoms with Crippen LogP contribution in [0.5, 0.6) is 0 Å². The third-order valence-corrected chi connectivity index (χ3v) is 1.94. The number of rotatable bonds is 2. The van der Waals surface area contributed by atoms with Crippen molar-refractivity contribution in [1.82, 2.24) is 0 Å². The Hall–Kier alpha value is -0.290. The fourth-order valence-electron chi connectivity index (χ4n) is 1.20. The third kappa shape index (κ3) is 4.47. The molecule has 1 saturated heterocycles. The fourth-order valence-corrected chi connectivity index (χ4v) is 1.20. The van der Waals surface area contributed by atoms with Gasteiger partial charge in [-0.3, -0.25) is 0 Å². The molecule has 0 saturated carbocycles. The van der Waals surface area contributed by atoms with E-state index in [0.717, 1.165) is 6.42 Å². The lowest BCUT2D eigenvalue weighted by Crippen LogP contribution is -2.32.